The molecule has 5 rings (SSSR count). The lowest BCUT2D eigenvalue weighted by Crippen LogP contribution is -2.32. The van der Waals surface area contributed by atoms with Crippen LogP contribution < -0.4 is 0 Å². The predicted octanol–water partition coefficient (Wildman–Crippen LogP) is 5.74. The van der Waals surface area contributed by atoms with Crippen LogP contribution in [-0.2, 0) is 6.18 Å². The van der Waals surface area contributed by atoms with Crippen LogP contribution in [0.4, 0.5) is 13.2 Å². The Morgan fingerprint density at radius 3 is 2.74 bits per heavy atom. The van der Waals surface area contributed by atoms with Crippen molar-refractivity contribution in [2.24, 2.45) is 0 Å². The van der Waals surface area contributed by atoms with E-state index in [-0.39, 0.29) is 28.9 Å². The van der Waals surface area contributed by atoms with Gasteiger partial charge in [-0.15, -0.1) is 11.8 Å². The van der Waals surface area contributed by atoms with Gasteiger partial charge in [0.05, 0.1) is 17.1 Å². The summed E-state index contributed by atoms with van der Waals surface area (Å²) in [6.07, 6.45) is 1.73. The summed E-state index contributed by atoms with van der Waals surface area (Å²) in [4.78, 5) is 32.9. The first-order chi connectivity index (χ1) is 16.4. The van der Waals surface area contributed by atoms with Crippen molar-refractivity contribution in [2.75, 3.05) is 12.8 Å². The predicted molar refractivity (Wildman–Crippen MR) is 123 cm³/mol. The van der Waals surface area contributed by atoms with E-state index in [4.69, 9.17) is 4.98 Å². The smallest absolute Gasteiger partial charge is 0.340 e. The van der Waals surface area contributed by atoms with Crippen LogP contribution >= 0.6 is 11.8 Å². The molecule has 0 bridgehead atoms. The molecule has 0 aliphatic carbocycles. The Balaban J connectivity index is 1.51. The van der Waals surface area contributed by atoms with Crippen LogP contribution in [-0.4, -0.2) is 43.5 Å². The summed E-state index contributed by atoms with van der Waals surface area (Å²) in [7, 11) is 0. The minimum atomic E-state index is -4.50. The standard InChI is InChI=1S/C24H20F3N5OS/c1-34-18-9-3-7-16-20(18)31-22(30-16)17-8-4-12-32(17)23(33)21-19(28-10-11-29-21)14-5-2-6-15(13-14)24(25,26)27/h2-3,5-7,9-11,13,17H,4,8,12H2,1H3,(H,30,31). The third-order valence-electron chi connectivity index (χ3n) is 5.91. The number of carbonyl (C=O) groups is 1. The zero-order valence-electron chi connectivity index (χ0n) is 18.1. The van der Waals surface area contributed by atoms with Crippen molar-refractivity contribution < 1.29 is 18.0 Å². The Morgan fingerprint density at radius 1 is 1.15 bits per heavy atom. The Hall–Kier alpha value is -3.40. The van der Waals surface area contributed by atoms with Crippen LogP contribution in [0, 0.1) is 0 Å². The largest absolute Gasteiger partial charge is 0.416 e. The molecular formula is C24H20F3N5OS. The molecule has 34 heavy (non-hydrogen) atoms. The van der Waals surface area contributed by atoms with Gasteiger partial charge >= 0.3 is 6.18 Å². The number of aromatic amines is 1. The first kappa shape index (κ1) is 22.4. The van der Waals surface area contributed by atoms with Gasteiger partial charge < -0.3 is 9.88 Å². The molecule has 4 aromatic rings. The molecule has 1 aliphatic rings. The number of hydrogen-bond donors (Lipinski definition) is 1. The third kappa shape index (κ3) is 4.02. The van der Waals surface area contributed by atoms with Gasteiger partial charge in [-0.3, -0.25) is 9.78 Å². The summed E-state index contributed by atoms with van der Waals surface area (Å²) >= 11 is 1.60. The molecule has 6 nitrogen and oxygen atoms in total. The average Bonchev–Trinajstić information content (AvgIpc) is 3.50. The van der Waals surface area contributed by atoms with Gasteiger partial charge in [0.1, 0.15) is 17.0 Å². The molecule has 3 heterocycles. The molecule has 1 aliphatic heterocycles. The van der Waals surface area contributed by atoms with Gasteiger partial charge in [0.15, 0.2) is 5.69 Å². The van der Waals surface area contributed by atoms with Crippen molar-refractivity contribution in [2.45, 2.75) is 30.0 Å². The first-order valence-corrected chi connectivity index (χ1v) is 11.9. The number of amides is 1. The molecule has 1 fully saturated rings. The van der Waals surface area contributed by atoms with Gasteiger partial charge in [0, 0.05) is 29.4 Å². The summed E-state index contributed by atoms with van der Waals surface area (Å²) < 4.78 is 39.7. The molecule has 10 heteroatoms. The summed E-state index contributed by atoms with van der Waals surface area (Å²) in [5, 5.41) is 0. The van der Waals surface area contributed by atoms with Gasteiger partial charge in [-0.25, -0.2) is 9.97 Å². The number of halogens is 3. The number of para-hydroxylation sites is 1. The minimum Gasteiger partial charge on any atom is -0.340 e. The Morgan fingerprint density at radius 2 is 1.94 bits per heavy atom. The second kappa shape index (κ2) is 8.75. The molecular weight excluding hydrogens is 463 g/mol. The molecule has 0 spiro atoms. The van der Waals surface area contributed by atoms with Gasteiger partial charge in [0.25, 0.3) is 5.91 Å². The molecule has 174 valence electrons. The van der Waals surface area contributed by atoms with E-state index >= 15 is 0 Å². The molecule has 1 unspecified atom stereocenters. The summed E-state index contributed by atoms with van der Waals surface area (Å²) in [5.74, 6) is 0.306. The number of imidazole rings is 1. The normalized spacial score (nSPS) is 16.4. The number of hydrogen-bond acceptors (Lipinski definition) is 5. The zero-order valence-corrected chi connectivity index (χ0v) is 19.0. The van der Waals surface area contributed by atoms with E-state index in [1.165, 1.54) is 24.5 Å². The van der Waals surface area contributed by atoms with Crippen LogP contribution in [0.1, 0.15) is 40.8 Å². The van der Waals surface area contributed by atoms with Crippen LogP contribution in [0.3, 0.4) is 0 Å². The summed E-state index contributed by atoms with van der Waals surface area (Å²) in [6, 6.07) is 10.4. The molecule has 2 aromatic heterocycles. The van der Waals surface area contributed by atoms with Crippen molar-refractivity contribution in [1.29, 1.82) is 0 Å². The number of likely N-dealkylation sites (tertiary alicyclic amines) is 1. The van der Waals surface area contributed by atoms with E-state index in [0.717, 1.165) is 40.9 Å². The topological polar surface area (TPSA) is 74.8 Å². The highest BCUT2D eigenvalue weighted by Gasteiger charge is 2.35. The Bertz CT molecular complexity index is 1370. The van der Waals surface area contributed by atoms with Gasteiger partial charge in [0.2, 0.25) is 0 Å². The van der Waals surface area contributed by atoms with Gasteiger partial charge in [-0.2, -0.15) is 13.2 Å². The van der Waals surface area contributed by atoms with Crippen molar-refractivity contribution >= 4 is 28.7 Å². The highest BCUT2D eigenvalue weighted by atomic mass is 32.2. The lowest BCUT2D eigenvalue weighted by atomic mass is 10.0. The number of nitrogens with zero attached hydrogens (tertiary/aromatic N) is 4. The quantitative estimate of drug-likeness (QED) is 0.375. The highest BCUT2D eigenvalue weighted by Crippen LogP contribution is 2.36. The summed E-state index contributed by atoms with van der Waals surface area (Å²) in [5.41, 5.74) is 1.28. The number of benzene rings is 2. The second-order valence-electron chi connectivity index (χ2n) is 7.97. The monoisotopic (exact) mass is 483 g/mol. The fourth-order valence-corrected chi connectivity index (χ4v) is 4.89. The lowest BCUT2D eigenvalue weighted by Gasteiger charge is -2.23. The third-order valence-corrected chi connectivity index (χ3v) is 6.68. The number of fused-ring (bicyclic) bond motifs is 1. The Kier molecular flexibility index (Phi) is 5.76. The van der Waals surface area contributed by atoms with Crippen molar-refractivity contribution in [3.8, 4) is 11.3 Å². The maximum Gasteiger partial charge on any atom is 0.416 e. The van der Waals surface area contributed by atoms with Crippen LogP contribution in [0.5, 0.6) is 0 Å². The van der Waals surface area contributed by atoms with E-state index < -0.39 is 11.7 Å². The molecule has 1 amide bonds. The number of H-pyrrole nitrogens is 1. The maximum atomic E-state index is 13.6. The number of thioether (sulfide) groups is 1. The molecule has 1 atom stereocenters. The van der Waals surface area contributed by atoms with E-state index in [9.17, 15) is 18.0 Å². The molecule has 1 saturated heterocycles. The van der Waals surface area contributed by atoms with Crippen molar-refractivity contribution in [3.05, 3.63) is 71.9 Å². The molecule has 1 N–H and O–H groups in total. The van der Waals surface area contributed by atoms with E-state index in [2.05, 4.69) is 15.0 Å². The molecule has 0 saturated carbocycles. The number of nitrogens with one attached hydrogen (secondary N) is 1. The number of rotatable bonds is 4. The fourth-order valence-electron chi connectivity index (χ4n) is 4.33. The van der Waals surface area contributed by atoms with Crippen LogP contribution in [0.25, 0.3) is 22.3 Å². The highest BCUT2D eigenvalue weighted by molar-refractivity contribution is 7.98. The number of carbonyl (C=O) groups excluding carboxylic acids is 1. The van der Waals surface area contributed by atoms with Crippen LogP contribution in [0.2, 0.25) is 0 Å². The lowest BCUT2D eigenvalue weighted by molar-refractivity contribution is -0.137. The van der Waals surface area contributed by atoms with Crippen LogP contribution in [0.15, 0.2) is 59.8 Å². The fraction of sp³-hybridized carbons (Fsp3) is 0.250. The number of alkyl halides is 3. The van der Waals surface area contributed by atoms with Crippen molar-refractivity contribution in [1.82, 2.24) is 24.8 Å². The second-order valence-corrected chi connectivity index (χ2v) is 8.82. The number of aromatic nitrogens is 4. The average molecular weight is 484 g/mol. The van der Waals surface area contributed by atoms with E-state index in [0.29, 0.717) is 12.4 Å². The maximum absolute atomic E-state index is 13.6. The van der Waals surface area contributed by atoms with Gasteiger partial charge in [-0.05, 0) is 43.4 Å². The molecule has 2 aromatic carbocycles. The summed E-state index contributed by atoms with van der Waals surface area (Å²) in [6.45, 7) is 0.495. The minimum absolute atomic E-state index is 0.0228. The Labute approximate surface area is 197 Å². The molecule has 0 radical (unpaired) electrons. The van der Waals surface area contributed by atoms with Gasteiger partial charge in [-0.1, -0.05) is 18.2 Å². The van der Waals surface area contributed by atoms with E-state index in [1.54, 1.807) is 16.7 Å². The SMILES string of the molecule is CSc1cccc2[nH]c(C3CCCN3C(=O)c3nccnc3-c3cccc(C(F)(F)F)c3)nc12. The zero-order chi connectivity index (χ0) is 23.9. The van der Waals surface area contributed by atoms with Crippen molar-refractivity contribution in [3.63, 3.8) is 0 Å². The first-order valence-electron chi connectivity index (χ1n) is 10.7. The van der Waals surface area contributed by atoms with E-state index in [1.807, 2.05) is 24.5 Å².